The zero-order valence-electron chi connectivity index (χ0n) is 10.9. The lowest BCUT2D eigenvalue weighted by molar-refractivity contribution is -0.402. The summed E-state index contributed by atoms with van der Waals surface area (Å²) in [5.74, 6) is -2.39. The molecule has 0 fully saturated rings. The van der Waals surface area contributed by atoms with Gasteiger partial charge in [0.25, 0.3) is 5.91 Å². The van der Waals surface area contributed by atoms with Gasteiger partial charge in [0.2, 0.25) is 5.76 Å². The first-order chi connectivity index (χ1) is 10.5. The molecule has 0 bridgehead atoms. The number of para-hydroxylation sites is 1. The van der Waals surface area contributed by atoms with Gasteiger partial charge in [0, 0.05) is 3.57 Å². The van der Waals surface area contributed by atoms with Crippen molar-refractivity contribution in [2.75, 3.05) is 11.9 Å². The van der Waals surface area contributed by atoms with Crippen LogP contribution in [0.25, 0.3) is 0 Å². The highest BCUT2D eigenvalue weighted by Crippen LogP contribution is 2.18. The molecule has 1 aromatic heterocycles. The molecule has 0 saturated heterocycles. The van der Waals surface area contributed by atoms with E-state index in [0.717, 1.165) is 15.7 Å². The second-order valence-electron chi connectivity index (χ2n) is 4.00. The molecular weight excluding hydrogens is 407 g/mol. The monoisotopic (exact) mass is 416 g/mol. The van der Waals surface area contributed by atoms with E-state index in [1.54, 1.807) is 12.1 Å². The predicted octanol–water partition coefficient (Wildman–Crippen LogP) is 2.59. The Morgan fingerprint density at radius 3 is 2.64 bits per heavy atom. The SMILES string of the molecule is O=C(COC(=O)c1ccc([N+](=O)[O-])o1)Nc1ccccc1I. The van der Waals surface area contributed by atoms with Crippen LogP contribution in [-0.2, 0) is 9.53 Å². The summed E-state index contributed by atoms with van der Waals surface area (Å²) in [5.41, 5.74) is 0.595. The fraction of sp³-hybridized carbons (Fsp3) is 0.0769. The molecule has 8 nitrogen and oxygen atoms in total. The number of rotatable bonds is 5. The largest absolute Gasteiger partial charge is 0.450 e. The Morgan fingerprint density at radius 1 is 1.27 bits per heavy atom. The van der Waals surface area contributed by atoms with Gasteiger partial charge in [-0.3, -0.25) is 14.9 Å². The smallest absolute Gasteiger partial charge is 0.433 e. The van der Waals surface area contributed by atoms with Crippen LogP contribution in [-0.4, -0.2) is 23.4 Å². The quantitative estimate of drug-likeness (QED) is 0.347. The van der Waals surface area contributed by atoms with Crippen molar-refractivity contribution in [1.82, 2.24) is 0 Å². The average Bonchev–Trinajstić information content (AvgIpc) is 2.97. The van der Waals surface area contributed by atoms with Crippen LogP contribution >= 0.6 is 22.6 Å². The molecule has 0 spiro atoms. The van der Waals surface area contributed by atoms with Gasteiger partial charge in [-0.2, -0.15) is 0 Å². The first kappa shape index (κ1) is 15.9. The first-order valence-corrected chi connectivity index (χ1v) is 7.01. The van der Waals surface area contributed by atoms with E-state index in [-0.39, 0.29) is 5.76 Å². The van der Waals surface area contributed by atoms with E-state index >= 15 is 0 Å². The van der Waals surface area contributed by atoms with Gasteiger partial charge in [-0.05, 0) is 40.8 Å². The van der Waals surface area contributed by atoms with Gasteiger partial charge < -0.3 is 14.5 Å². The third-order valence-corrected chi connectivity index (χ3v) is 3.40. The molecule has 22 heavy (non-hydrogen) atoms. The molecule has 0 unspecified atom stereocenters. The van der Waals surface area contributed by atoms with Crippen LogP contribution in [0.3, 0.4) is 0 Å². The summed E-state index contributed by atoms with van der Waals surface area (Å²) in [6.07, 6.45) is 0. The number of benzene rings is 1. The highest BCUT2D eigenvalue weighted by molar-refractivity contribution is 14.1. The lowest BCUT2D eigenvalue weighted by atomic mass is 10.3. The molecule has 114 valence electrons. The van der Waals surface area contributed by atoms with E-state index in [9.17, 15) is 19.7 Å². The number of anilines is 1. The molecule has 0 saturated carbocycles. The predicted molar refractivity (Wildman–Crippen MR) is 83.4 cm³/mol. The minimum absolute atomic E-state index is 0.339. The van der Waals surface area contributed by atoms with Crippen molar-refractivity contribution in [2.24, 2.45) is 0 Å². The van der Waals surface area contributed by atoms with Crippen LogP contribution in [0.5, 0.6) is 0 Å². The van der Waals surface area contributed by atoms with Crippen LogP contribution in [0, 0.1) is 13.7 Å². The van der Waals surface area contributed by atoms with Crippen LogP contribution in [0.15, 0.2) is 40.8 Å². The van der Waals surface area contributed by atoms with Gasteiger partial charge >= 0.3 is 11.9 Å². The Kier molecular flexibility index (Phi) is 5.09. The Bertz CT molecular complexity index is 727. The van der Waals surface area contributed by atoms with Gasteiger partial charge in [-0.1, -0.05) is 12.1 Å². The number of amides is 1. The minimum Gasteiger partial charge on any atom is -0.450 e. The van der Waals surface area contributed by atoms with Crippen molar-refractivity contribution in [3.05, 3.63) is 55.8 Å². The fourth-order valence-corrected chi connectivity index (χ4v) is 2.01. The van der Waals surface area contributed by atoms with Gasteiger partial charge in [-0.15, -0.1) is 0 Å². The summed E-state index contributed by atoms with van der Waals surface area (Å²) in [6.45, 7) is -0.529. The Balaban J connectivity index is 1.89. The Labute approximate surface area is 137 Å². The van der Waals surface area contributed by atoms with Crippen LogP contribution in [0.4, 0.5) is 11.6 Å². The van der Waals surface area contributed by atoms with Crippen LogP contribution in [0.1, 0.15) is 10.6 Å². The van der Waals surface area contributed by atoms with E-state index in [0.29, 0.717) is 5.69 Å². The molecule has 9 heteroatoms. The Morgan fingerprint density at radius 2 is 2.00 bits per heavy atom. The average molecular weight is 416 g/mol. The number of hydrogen-bond donors (Lipinski definition) is 1. The van der Waals surface area contributed by atoms with E-state index in [1.807, 2.05) is 12.1 Å². The van der Waals surface area contributed by atoms with Crippen LogP contribution < -0.4 is 5.32 Å². The lowest BCUT2D eigenvalue weighted by Crippen LogP contribution is -2.21. The summed E-state index contributed by atoms with van der Waals surface area (Å²) in [4.78, 5) is 32.9. The van der Waals surface area contributed by atoms with Crippen molar-refractivity contribution in [3.8, 4) is 0 Å². The van der Waals surface area contributed by atoms with Crippen molar-refractivity contribution < 1.29 is 23.7 Å². The van der Waals surface area contributed by atoms with E-state index in [1.165, 1.54) is 0 Å². The minimum atomic E-state index is -0.953. The molecule has 0 aliphatic carbocycles. The van der Waals surface area contributed by atoms with Gasteiger partial charge in [0.1, 0.15) is 4.92 Å². The molecular formula is C13H9IN2O6. The van der Waals surface area contributed by atoms with Crippen molar-refractivity contribution in [3.63, 3.8) is 0 Å². The number of hydrogen-bond acceptors (Lipinski definition) is 6. The molecule has 1 heterocycles. The number of nitrogens with one attached hydrogen (secondary N) is 1. The second-order valence-corrected chi connectivity index (χ2v) is 5.16. The fourth-order valence-electron chi connectivity index (χ4n) is 1.49. The van der Waals surface area contributed by atoms with Gasteiger partial charge in [-0.25, -0.2) is 4.79 Å². The summed E-state index contributed by atoms with van der Waals surface area (Å²) < 4.78 is 10.2. The summed E-state index contributed by atoms with van der Waals surface area (Å²) in [6, 6.07) is 9.23. The van der Waals surface area contributed by atoms with E-state index in [4.69, 9.17) is 4.74 Å². The molecule has 1 aromatic carbocycles. The maximum Gasteiger partial charge on any atom is 0.433 e. The molecule has 0 atom stereocenters. The van der Waals surface area contributed by atoms with Crippen molar-refractivity contribution >= 4 is 46.0 Å². The highest BCUT2D eigenvalue weighted by atomic mass is 127. The van der Waals surface area contributed by atoms with Gasteiger partial charge in [0.05, 0.1) is 11.8 Å². The molecule has 2 rings (SSSR count). The molecule has 0 aliphatic heterocycles. The number of ether oxygens (including phenoxy) is 1. The topological polar surface area (TPSA) is 112 Å². The number of nitrogens with zero attached hydrogens (tertiary/aromatic N) is 1. The maximum atomic E-state index is 11.7. The highest BCUT2D eigenvalue weighted by Gasteiger charge is 2.19. The number of esters is 1. The summed E-state index contributed by atoms with van der Waals surface area (Å²) >= 11 is 2.05. The number of halogens is 1. The summed E-state index contributed by atoms with van der Waals surface area (Å²) in [7, 11) is 0. The first-order valence-electron chi connectivity index (χ1n) is 5.93. The zero-order chi connectivity index (χ0) is 16.1. The van der Waals surface area contributed by atoms with E-state index < -0.39 is 29.3 Å². The number of carbonyl (C=O) groups is 2. The number of nitro groups is 1. The zero-order valence-corrected chi connectivity index (χ0v) is 13.1. The van der Waals surface area contributed by atoms with E-state index in [2.05, 4.69) is 32.3 Å². The summed E-state index contributed by atoms with van der Waals surface area (Å²) in [5, 5.41) is 13.0. The second kappa shape index (κ2) is 7.02. The van der Waals surface area contributed by atoms with Crippen LogP contribution in [0.2, 0.25) is 0 Å². The standard InChI is InChI=1S/C13H9IN2O6/c14-8-3-1-2-4-9(8)15-11(17)7-21-13(18)10-5-6-12(22-10)16(19)20/h1-6H,7H2,(H,15,17). The van der Waals surface area contributed by atoms with Crippen molar-refractivity contribution in [1.29, 1.82) is 0 Å². The molecule has 1 amide bonds. The van der Waals surface area contributed by atoms with Crippen molar-refractivity contribution in [2.45, 2.75) is 0 Å². The third-order valence-electron chi connectivity index (χ3n) is 2.46. The molecule has 1 N–H and O–H groups in total. The third kappa shape index (κ3) is 4.04. The number of furan rings is 1. The maximum absolute atomic E-state index is 11.7. The normalized spacial score (nSPS) is 10.0. The lowest BCUT2D eigenvalue weighted by Gasteiger charge is -2.07. The number of carbonyl (C=O) groups excluding carboxylic acids is 2. The molecule has 0 radical (unpaired) electrons. The van der Waals surface area contributed by atoms with Gasteiger partial charge in [0.15, 0.2) is 6.61 Å². The molecule has 0 aliphatic rings. The molecule has 2 aromatic rings. The Hall–Kier alpha value is -2.43.